The van der Waals surface area contributed by atoms with Crippen molar-refractivity contribution in [3.8, 4) is 5.75 Å². The number of carbonyl (C=O) groups is 1. The lowest BCUT2D eigenvalue weighted by Gasteiger charge is -2.15. The highest BCUT2D eigenvalue weighted by Crippen LogP contribution is 2.23. The lowest BCUT2D eigenvalue weighted by Crippen LogP contribution is -2.42. The fourth-order valence-electron chi connectivity index (χ4n) is 3.59. The van der Waals surface area contributed by atoms with Crippen LogP contribution in [0, 0.1) is 6.92 Å². The van der Waals surface area contributed by atoms with Gasteiger partial charge in [0.25, 0.3) is 5.56 Å². The van der Waals surface area contributed by atoms with Crippen LogP contribution in [0.3, 0.4) is 0 Å². The Morgan fingerprint density at radius 3 is 2.52 bits per heavy atom. The fraction of sp³-hybridized carbons (Fsp3) is 0.200. The van der Waals surface area contributed by atoms with Gasteiger partial charge in [0.1, 0.15) is 17.9 Å². The molecule has 168 valence electrons. The number of hydrogen-bond acceptors (Lipinski definition) is 5. The van der Waals surface area contributed by atoms with Gasteiger partial charge in [-0.3, -0.25) is 18.7 Å². The summed E-state index contributed by atoms with van der Waals surface area (Å²) in [5.74, 6) is 0.102. The molecular weight excluding hydrogens is 420 g/mol. The third-order valence-corrected chi connectivity index (χ3v) is 5.20. The second-order valence-electron chi connectivity index (χ2n) is 7.60. The summed E-state index contributed by atoms with van der Waals surface area (Å²) in [5.41, 5.74) is 1.52. The molecule has 0 saturated heterocycles. The van der Waals surface area contributed by atoms with Gasteiger partial charge in [0.2, 0.25) is 5.91 Å². The van der Waals surface area contributed by atoms with Gasteiger partial charge in [-0.2, -0.15) is 0 Å². The molecule has 4 aromatic rings. The summed E-state index contributed by atoms with van der Waals surface area (Å²) in [6, 6.07) is 17.9. The maximum Gasteiger partial charge on any atom is 0.333 e. The van der Waals surface area contributed by atoms with E-state index in [1.54, 1.807) is 30.3 Å². The first-order valence-electron chi connectivity index (χ1n) is 10.6. The third-order valence-electron chi connectivity index (χ3n) is 5.20. The molecule has 2 aromatic heterocycles. The van der Waals surface area contributed by atoms with Gasteiger partial charge in [-0.1, -0.05) is 42.0 Å². The molecule has 2 aromatic carbocycles. The van der Waals surface area contributed by atoms with Crippen LogP contribution in [0.1, 0.15) is 18.1 Å². The van der Waals surface area contributed by atoms with Gasteiger partial charge >= 0.3 is 5.69 Å². The summed E-state index contributed by atoms with van der Waals surface area (Å²) in [4.78, 5) is 43.5. The summed E-state index contributed by atoms with van der Waals surface area (Å²) < 4.78 is 7.91. The smallest absolute Gasteiger partial charge is 0.333 e. The highest BCUT2D eigenvalue weighted by Gasteiger charge is 2.17. The van der Waals surface area contributed by atoms with Crippen LogP contribution in [-0.2, 0) is 17.9 Å². The van der Waals surface area contributed by atoms with Gasteiger partial charge in [-0.25, -0.2) is 9.78 Å². The Bertz CT molecular complexity index is 1420. The molecule has 2 heterocycles. The number of aryl methyl sites for hydroxylation is 1. The number of benzene rings is 2. The molecule has 0 atom stereocenters. The van der Waals surface area contributed by atoms with Crippen molar-refractivity contribution in [2.45, 2.75) is 26.9 Å². The Morgan fingerprint density at radius 2 is 1.76 bits per heavy atom. The van der Waals surface area contributed by atoms with Gasteiger partial charge in [-0.05, 0) is 43.7 Å². The predicted octanol–water partition coefficient (Wildman–Crippen LogP) is 2.95. The minimum Gasteiger partial charge on any atom is -0.492 e. The molecule has 0 spiro atoms. The topological polar surface area (TPSA) is 95.2 Å². The summed E-state index contributed by atoms with van der Waals surface area (Å²) in [5, 5.41) is 3.06. The quantitative estimate of drug-likeness (QED) is 0.473. The average molecular weight is 444 g/mol. The predicted molar refractivity (Wildman–Crippen MR) is 127 cm³/mol. The minimum atomic E-state index is -0.597. The van der Waals surface area contributed by atoms with E-state index in [-0.39, 0.29) is 24.1 Å². The second-order valence-corrected chi connectivity index (χ2v) is 7.60. The molecule has 4 rings (SSSR count). The number of ether oxygens (including phenoxy) is 1. The number of pyridine rings is 1. The summed E-state index contributed by atoms with van der Waals surface area (Å²) in [6.45, 7) is 4.06. The van der Waals surface area contributed by atoms with E-state index in [0.717, 1.165) is 15.7 Å². The fourth-order valence-corrected chi connectivity index (χ4v) is 3.59. The van der Waals surface area contributed by atoms with Gasteiger partial charge in [0.15, 0.2) is 0 Å². The second kappa shape index (κ2) is 9.52. The average Bonchev–Trinajstić information content (AvgIpc) is 2.82. The van der Waals surface area contributed by atoms with Crippen molar-refractivity contribution in [1.82, 2.24) is 14.1 Å². The van der Waals surface area contributed by atoms with Crippen molar-refractivity contribution >= 4 is 22.6 Å². The molecule has 8 nitrogen and oxygen atoms in total. The Kier molecular flexibility index (Phi) is 6.35. The highest BCUT2D eigenvalue weighted by molar-refractivity contribution is 5.92. The van der Waals surface area contributed by atoms with E-state index in [1.165, 1.54) is 10.8 Å². The monoisotopic (exact) mass is 444 g/mol. The van der Waals surface area contributed by atoms with Crippen molar-refractivity contribution in [1.29, 1.82) is 0 Å². The molecule has 0 bridgehead atoms. The van der Waals surface area contributed by atoms with Crippen LogP contribution in [0.4, 0.5) is 5.69 Å². The molecule has 0 radical (unpaired) electrons. The number of aromatic nitrogens is 3. The summed E-state index contributed by atoms with van der Waals surface area (Å²) in [7, 11) is 0. The van der Waals surface area contributed by atoms with E-state index < -0.39 is 17.2 Å². The van der Waals surface area contributed by atoms with E-state index >= 15 is 0 Å². The first-order valence-corrected chi connectivity index (χ1v) is 10.6. The van der Waals surface area contributed by atoms with Crippen LogP contribution in [0.25, 0.3) is 11.0 Å². The molecule has 0 aliphatic rings. The van der Waals surface area contributed by atoms with Gasteiger partial charge in [-0.15, -0.1) is 0 Å². The van der Waals surface area contributed by atoms with Gasteiger partial charge < -0.3 is 10.1 Å². The Labute approximate surface area is 190 Å². The first-order chi connectivity index (χ1) is 16.0. The number of rotatable bonds is 7. The molecule has 33 heavy (non-hydrogen) atoms. The van der Waals surface area contributed by atoms with Crippen molar-refractivity contribution in [2.75, 3.05) is 11.9 Å². The van der Waals surface area contributed by atoms with Crippen LogP contribution in [0.2, 0.25) is 0 Å². The molecular formula is C25H24N4O4. The molecule has 0 aliphatic carbocycles. The van der Waals surface area contributed by atoms with Crippen LogP contribution in [0.5, 0.6) is 5.75 Å². The van der Waals surface area contributed by atoms with Gasteiger partial charge in [0, 0.05) is 6.20 Å². The summed E-state index contributed by atoms with van der Waals surface area (Å²) >= 11 is 0. The molecule has 1 N–H and O–H groups in total. The molecule has 0 unspecified atom stereocenters. The number of amides is 1. The number of nitrogens with one attached hydrogen (secondary N) is 1. The van der Waals surface area contributed by atoms with E-state index in [0.29, 0.717) is 18.0 Å². The minimum absolute atomic E-state index is 0.0948. The third kappa shape index (κ3) is 4.69. The first kappa shape index (κ1) is 22.0. The van der Waals surface area contributed by atoms with E-state index in [1.807, 2.05) is 44.2 Å². The van der Waals surface area contributed by atoms with Crippen molar-refractivity contribution in [2.24, 2.45) is 0 Å². The number of fused-ring (bicyclic) bond motifs is 1. The lowest BCUT2D eigenvalue weighted by molar-refractivity contribution is -0.116. The van der Waals surface area contributed by atoms with Crippen LogP contribution in [0.15, 0.2) is 76.4 Å². The highest BCUT2D eigenvalue weighted by atomic mass is 16.5. The Hall–Kier alpha value is -4.20. The molecule has 0 saturated carbocycles. The largest absolute Gasteiger partial charge is 0.492 e. The number of carbonyl (C=O) groups excluding carboxylic acids is 1. The SMILES string of the molecule is CCOc1ccccc1NC(=O)Cn1c(=O)n(Cc2ccc(C)cc2)c(=O)c2cccnc21. The zero-order valence-corrected chi connectivity index (χ0v) is 18.4. The normalized spacial score (nSPS) is 10.8. The van der Waals surface area contributed by atoms with Crippen molar-refractivity contribution < 1.29 is 9.53 Å². The maximum atomic E-state index is 13.3. The van der Waals surface area contributed by atoms with E-state index in [4.69, 9.17) is 4.74 Å². The number of nitrogens with zero attached hydrogens (tertiary/aromatic N) is 3. The van der Waals surface area contributed by atoms with Crippen LogP contribution in [-0.4, -0.2) is 26.6 Å². The van der Waals surface area contributed by atoms with E-state index in [9.17, 15) is 14.4 Å². The number of anilines is 1. The van der Waals surface area contributed by atoms with Gasteiger partial charge in [0.05, 0.1) is 24.2 Å². The van der Waals surface area contributed by atoms with E-state index in [2.05, 4.69) is 10.3 Å². The number of para-hydroxylation sites is 2. The zero-order chi connectivity index (χ0) is 23.4. The summed E-state index contributed by atoms with van der Waals surface area (Å²) in [6.07, 6.45) is 1.49. The van der Waals surface area contributed by atoms with Crippen molar-refractivity contribution in [3.05, 3.63) is 98.8 Å². The van der Waals surface area contributed by atoms with Crippen molar-refractivity contribution in [3.63, 3.8) is 0 Å². The maximum absolute atomic E-state index is 13.3. The lowest BCUT2D eigenvalue weighted by atomic mass is 10.1. The molecule has 0 fully saturated rings. The Morgan fingerprint density at radius 1 is 1.00 bits per heavy atom. The molecule has 1 amide bonds. The van der Waals surface area contributed by atoms with Crippen LogP contribution < -0.4 is 21.3 Å². The zero-order valence-electron chi connectivity index (χ0n) is 18.4. The molecule has 0 aliphatic heterocycles. The molecule has 8 heteroatoms. The Balaban J connectivity index is 1.72. The standard InChI is InChI=1S/C25H24N4O4/c1-3-33-21-9-5-4-8-20(21)27-22(30)16-28-23-19(7-6-14-26-23)24(31)29(25(28)32)15-18-12-10-17(2)11-13-18/h4-14H,3,15-16H2,1-2H3,(H,27,30). The number of hydrogen-bond donors (Lipinski definition) is 1. The van der Waals surface area contributed by atoms with Crippen LogP contribution >= 0.6 is 0 Å².